The van der Waals surface area contributed by atoms with Crippen molar-refractivity contribution in [1.29, 1.82) is 0 Å². The third-order valence-corrected chi connectivity index (χ3v) is 6.07. The first kappa shape index (κ1) is 20.1. The average molecular weight is 435 g/mol. The SMILES string of the molecule is CNS(=O)(=O)c1ccc2c(c1)c(-c1cn(C)cn1)cn2-c1ccc(C(F)(F)F)cn1. The summed E-state index contributed by atoms with van der Waals surface area (Å²) in [7, 11) is -0.575. The van der Waals surface area contributed by atoms with Crippen molar-refractivity contribution in [2.75, 3.05) is 7.05 Å². The second kappa shape index (κ2) is 6.96. The van der Waals surface area contributed by atoms with Gasteiger partial charge in [-0.3, -0.25) is 0 Å². The van der Waals surface area contributed by atoms with Crippen molar-refractivity contribution in [3.05, 3.63) is 60.8 Å². The first-order valence-electron chi connectivity index (χ1n) is 8.71. The molecule has 11 heteroatoms. The number of aromatic nitrogens is 4. The van der Waals surface area contributed by atoms with Crippen LogP contribution in [0.1, 0.15) is 5.56 Å². The van der Waals surface area contributed by atoms with E-state index >= 15 is 0 Å². The van der Waals surface area contributed by atoms with E-state index in [-0.39, 0.29) is 10.7 Å². The highest BCUT2D eigenvalue weighted by molar-refractivity contribution is 7.89. The molecule has 0 amide bonds. The molecule has 1 N–H and O–H groups in total. The van der Waals surface area contributed by atoms with Crippen molar-refractivity contribution in [1.82, 2.24) is 23.8 Å². The summed E-state index contributed by atoms with van der Waals surface area (Å²) in [6, 6.07) is 6.74. The Morgan fingerprint density at radius 2 is 1.83 bits per heavy atom. The quantitative estimate of drug-likeness (QED) is 0.533. The molecule has 0 aliphatic rings. The van der Waals surface area contributed by atoms with Crippen LogP contribution < -0.4 is 4.72 Å². The van der Waals surface area contributed by atoms with Gasteiger partial charge in [0.15, 0.2) is 0 Å². The third-order valence-electron chi connectivity index (χ3n) is 4.66. The first-order chi connectivity index (χ1) is 14.1. The summed E-state index contributed by atoms with van der Waals surface area (Å²) in [5.74, 6) is 0.263. The molecule has 30 heavy (non-hydrogen) atoms. The normalized spacial score (nSPS) is 12.6. The van der Waals surface area contributed by atoms with Gasteiger partial charge in [-0.2, -0.15) is 13.2 Å². The topological polar surface area (TPSA) is 81.8 Å². The summed E-state index contributed by atoms with van der Waals surface area (Å²) in [5, 5.41) is 0.576. The number of fused-ring (bicyclic) bond motifs is 1. The molecule has 7 nitrogen and oxygen atoms in total. The van der Waals surface area contributed by atoms with E-state index in [1.54, 1.807) is 41.0 Å². The van der Waals surface area contributed by atoms with E-state index in [0.29, 0.717) is 22.2 Å². The highest BCUT2D eigenvalue weighted by Crippen LogP contribution is 2.34. The molecule has 0 spiro atoms. The zero-order valence-corrected chi connectivity index (χ0v) is 16.7. The number of aryl methyl sites for hydroxylation is 1. The Bertz CT molecular complexity index is 1340. The zero-order chi connectivity index (χ0) is 21.7. The van der Waals surface area contributed by atoms with Crippen molar-refractivity contribution in [3.8, 4) is 17.1 Å². The molecule has 0 fully saturated rings. The number of rotatable bonds is 4. The lowest BCUT2D eigenvalue weighted by Gasteiger charge is -2.09. The lowest BCUT2D eigenvalue weighted by molar-refractivity contribution is -0.137. The van der Waals surface area contributed by atoms with Crippen LogP contribution in [0.3, 0.4) is 0 Å². The van der Waals surface area contributed by atoms with E-state index in [9.17, 15) is 21.6 Å². The Labute approximate surface area is 169 Å². The average Bonchev–Trinajstić information content (AvgIpc) is 3.30. The molecule has 3 heterocycles. The molecule has 4 aromatic rings. The van der Waals surface area contributed by atoms with Crippen LogP contribution in [0.2, 0.25) is 0 Å². The molecule has 0 aliphatic heterocycles. The van der Waals surface area contributed by atoms with Crippen molar-refractivity contribution >= 4 is 20.9 Å². The Kier molecular flexibility index (Phi) is 4.66. The molecular formula is C19H16F3N5O2S. The molecule has 0 saturated carbocycles. The highest BCUT2D eigenvalue weighted by atomic mass is 32.2. The summed E-state index contributed by atoms with van der Waals surface area (Å²) in [4.78, 5) is 8.33. The molecule has 0 unspecified atom stereocenters. The molecule has 0 atom stereocenters. The molecule has 1 aromatic carbocycles. The van der Waals surface area contributed by atoms with Crippen LogP contribution >= 0.6 is 0 Å². The van der Waals surface area contributed by atoms with Gasteiger partial charge in [-0.25, -0.2) is 23.1 Å². The predicted molar refractivity (Wildman–Crippen MR) is 105 cm³/mol. The first-order valence-corrected chi connectivity index (χ1v) is 10.2. The van der Waals surface area contributed by atoms with Gasteiger partial charge in [0.05, 0.1) is 28.0 Å². The van der Waals surface area contributed by atoms with Gasteiger partial charge in [0.1, 0.15) is 5.82 Å². The van der Waals surface area contributed by atoms with E-state index in [1.807, 2.05) is 0 Å². The number of imidazole rings is 1. The molecule has 0 bridgehead atoms. The van der Waals surface area contributed by atoms with Crippen molar-refractivity contribution in [2.24, 2.45) is 7.05 Å². The number of nitrogens with zero attached hydrogens (tertiary/aromatic N) is 4. The van der Waals surface area contributed by atoms with Crippen LogP contribution in [-0.2, 0) is 23.2 Å². The standard InChI is InChI=1S/C19H16F3N5O2S/c1-23-30(28,29)13-4-5-17-14(7-13)15(16-10-26(2)11-25-16)9-27(17)18-6-3-12(8-24-18)19(20,21)22/h3-11,23H,1-2H3. The largest absolute Gasteiger partial charge is 0.417 e. The molecule has 0 radical (unpaired) electrons. The Morgan fingerprint density at radius 1 is 1.07 bits per heavy atom. The van der Waals surface area contributed by atoms with Gasteiger partial charge in [-0.1, -0.05) is 0 Å². The second-order valence-electron chi connectivity index (χ2n) is 6.63. The number of pyridine rings is 1. The van der Waals surface area contributed by atoms with Gasteiger partial charge in [0.2, 0.25) is 10.0 Å². The number of sulfonamides is 1. The maximum atomic E-state index is 12.9. The minimum atomic E-state index is -4.49. The van der Waals surface area contributed by atoms with Crippen molar-refractivity contribution in [3.63, 3.8) is 0 Å². The van der Waals surface area contributed by atoms with Gasteiger partial charge in [0, 0.05) is 36.6 Å². The molecule has 0 saturated heterocycles. The Morgan fingerprint density at radius 3 is 2.40 bits per heavy atom. The van der Waals surface area contributed by atoms with E-state index in [4.69, 9.17) is 0 Å². The highest BCUT2D eigenvalue weighted by Gasteiger charge is 2.30. The summed E-state index contributed by atoms with van der Waals surface area (Å²) < 4.78 is 68.7. The Hall–Kier alpha value is -3.18. The summed E-state index contributed by atoms with van der Waals surface area (Å²) in [6.07, 6.45) is 1.32. The number of hydrogen-bond donors (Lipinski definition) is 1. The number of halogens is 3. The van der Waals surface area contributed by atoms with Gasteiger partial charge in [0.25, 0.3) is 0 Å². The number of nitrogens with one attached hydrogen (secondary N) is 1. The van der Waals surface area contributed by atoms with E-state index in [2.05, 4.69) is 14.7 Å². The minimum absolute atomic E-state index is 0.0628. The van der Waals surface area contributed by atoms with E-state index in [0.717, 1.165) is 12.3 Å². The van der Waals surface area contributed by atoms with Gasteiger partial charge >= 0.3 is 6.18 Å². The maximum Gasteiger partial charge on any atom is 0.417 e. The van der Waals surface area contributed by atoms with Crippen LogP contribution in [0.25, 0.3) is 28.0 Å². The van der Waals surface area contributed by atoms with Crippen LogP contribution in [0.5, 0.6) is 0 Å². The van der Waals surface area contributed by atoms with Crippen LogP contribution in [0.15, 0.2) is 60.1 Å². The lowest BCUT2D eigenvalue weighted by atomic mass is 10.1. The van der Waals surface area contributed by atoms with Crippen molar-refractivity contribution < 1.29 is 21.6 Å². The van der Waals surface area contributed by atoms with Crippen molar-refractivity contribution in [2.45, 2.75) is 11.1 Å². The smallest absolute Gasteiger partial charge is 0.340 e. The molecule has 4 rings (SSSR count). The van der Waals surface area contributed by atoms with Crippen LogP contribution in [0, 0.1) is 0 Å². The lowest BCUT2D eigenvalue weighted by Crippen LogP contribution is -2.18. The molecular weight excluding hydrogens is 419 g/mol. The maximum absolute atomic E-state index is 12.9. The monoisotopic (exact) mass is 435 g/mol. The number of alkyl halides is 3. The summed E-state index contributed by atoms with van der Waals surface area (Å²) in [5.41, 5.74) is 0.945. The minimum Gasteiger partial charge on any atom is -0.340 e. The summed E-state index contributed by atoms with van der Waals surface area (Å²) >= 11 is 0. The fourth-order valence-corrected chi connectivity index (χ4v) is 3.89. The number of hydrogen-bond acceptors (Lipinski definition) is 4. The van der Waals surface area contributed by atoms with Gasteiger partial charge < -0.3 is 9.13 Å². The predicted octanol–water partition coefficient (Wildman–Crippen LogP) is 3.35. The second-order valence-corrected chi connectivity index (χ2v) is 8.51. The fourth-order valence-electron chi connectivity index (χ4n) is 3.14. The summed E-state index contributed by atoms with van der Waals surface area (Å²) in [6.45, 7) is 0. The fraction of sp³-hybridized carbons (Fsp3) is 0.158. The van der Waals surface area contributed by atoms with Crippen LogP contribution in [-0.4, -0.2) is 34.6 Å². The van der Waals surface area contributed by atoms with Gasteiger partial charge in [-0.05, 0) is 37.4 Å². The van der Waals surface area contributed by atoms with Crippen LogP contribution in [0.4, 0.5) is 13.2 Å². The third kappa shape index (κ3) is 3.46. The molecule has 0 aliphatic carbocycles. The number of benzene rings is 1. The van der Waals surface area contributed by atoms with E-state index in [1.165, 1.54) is 25.2 Å². The molecule has 156 valence electrons. The van der Waals surface area contributed by atoms with Gasteiger partial charge in [-0.15, -0.1) is 0 Å². The Balaban J connectivity index is 1.95. The molecule has 3 aromatic heterocycles. The zero-order valence-electron chi connectivity index (χ0n) is 15.8. The van der Waals surface area contributed by atoms with E-state index < -0.39 is 21.8 Å².